The smallest absolute Gasteiger partial charge is 0.165 e. The lowest BCUT2D eigenvalue weighted by Crippen LogP contribution is -2.08. The van der Waals surface area contributed by atoms with Gasteiger partial charge >= 0.3 is 0 Å². The summed E-state index contributed by atoms with van der Waals surface area (Å²) < 4.78 is 19.4. The van der Waals surface area contributed by atoms with Crippen molar-refractivity contribution in [1.82, 2.24) is 5.32 Å². The molecule has 2 rings (SSSR count). The van der Waals surface area contributed by atoms with E-state index in [1.165, 1.54) is 6.07 Å². The molecule has 3 nitrogen and oxygen atoms in total. The lowest BCUT2D eigenvalue weighted by molar-refractivity contribution is 0.286. The Bertz CT molecular complexity index is 617. The number of nitriles is 1. The van der Waals surface area contributed by atoms with E-state index in [1.54, 1.807) is 37.4 Å². The van der Waals surface area contributed by atoms with Crippen molar-refractivity contribution in [3.05, 3.63) is 65.0 Å². The zero-order valence-electron chi connectivity index (χ0n) is 11.2. The maximum Gasteiger partial charge on any atom is 0.165 e. The third-order valence-corrected chi connectivity index (χ3v) is 2.88. The van der Waals surface area contributed by atoms with Crippen molar-refractivity contribution in [3.8, 4) is 11.8 Å². The molecule has 0 atom stereocenters. The van der Waals surface area contributed by atoms with E-state index in [0.717, 1.165) is 11.1 Å². The molecule has 0 aliphatic carbocycles. The van der Waals surface area contributed by atoms with Gasteiger partial charge in [-0.05, 0) is 30.8 Å². The molecule has 4 heteroatoms. The SMILES string of the molecule is CNCc1cccc(F)c1OCc1ccc(C#N)cc1. The highest BCUT2D eigenvalue weighted by molar-refractivity contribution is 5.36. The summed E-state index contributed by atoms with van der Waals surface area (Å²) in [6.07, 6.45) is 0. The number of ether oxygens (including phenoxy) is 1. The number of nitrogens with zero attached hydrogens (tertiary/aromatic N) is 1. The average molecular weight is 270 g/mol. The van der Waals surface area contributed by atoms with Gasteiger partial charge in [-0.2, -0.15) is 5.26 Å². The van der Waals surface area contributed by atoms with Gasteiger partial charge in [-0.1, -0.05) is 24.3 Å². The van der Waals surface area contributed by atoms with Crippen molar-refractivity contribution in [2.75, 3.05) is 7.05 Å². The first-order valence-electron chi connectivity index (χ1n) is 6.28. The van der Waals surface area contributed by atoms with E-state index >= 15 is 0 Å². The van der Waals surface area contributed by atoms with Gasteiger partial charge in [0, 0.05) is 12.1 Å². The Morgan fingerprint density at radius 3 is 2.60 bits per heavy atom. The van der Waals surface area contributed by atoms with E-state index in [1.807, 2.05) is 6.07 Å². The number of nitrogens with one attached hydrogen (secondary N) is 1. The molecule has 0 radical (unpaired) electrons. The molecule has 0 saturated heterocycles. The summed E-state index contributed by atoms with van der Waals surface area (Å²) in [6, 6.07) is 14.0. The molecule has 2 aromatic rings. The highest BCUT2D eigenvalue weighted by Gasteiger charge is 2.09. The Hall–Kier alpha value is -2.38. The molecule has 0 heterocycles. The van der Waals surface area contributed by atoms with Gasteiger partial charge in [0.15, 0.2) is 11.6 Å². The summed E-state index contributed by atoms with van der Waals surface area (Å²) in [5, 5.41) is 11.7. The lowest BCUT2D eigenvalue weighted by Gasteiger charge is -2.12. The largest absolute Gasteiger partial charge is 0.485 e. The van der Waals surface area contributed by atoms with E-state index in [2.05, 4.69) is 11.4 Å². The molecule has 0 aromatic heterocycles. The fourth-order valence-electron chi connectivity index (χ4n) is 1.88. The van der Waals surface area contributed by atoms with Crippen molar-refractivity contribution >= 4 is 0 Å². The minimum atomic E-state index is -0.369. The van der Waals surface area contributed by atoms with Crippen LogP contribution in [-0.2, 0) is 13.2 Å². The van der Waals surface area contributed by atoms with Gasteiger partial charge in [0.2, 0.25) is 0 Å². The van der Waals surface area contributed by atoms with Crippen LogP contribution in [0.2, 0.25) is 0 Å². The Morgan fingerprint density at radius 1 is 1.20 bits per heavy atom. The van der Waals surface area contributed by atoms with Gasteiger partial charge < -0.3 is 10.1 Å². The molecular weight excluding hydrogens is 255 g/mol. The highest BCUT2D eigenvalue weighted by Crippen LogP contribution is 2.23. The second-order valence-corrected chi connectivity index (χ2v) is 4.36. The van der Waals surface area contributed by atoms with Gasteiger partial charge in [0.25, 0.3) is 0 Å². The third-order valence-electron chi connectivity index (χ3n) is 2.88. The normalized spacial score (nSPS) is 10.1. The molecular formula is C16H15FN2O. The summed E-state index contributed by atoms with van der Waals surface area (Å²) in [5.41, 5.74) is 2.26. The van der Waals surface area contributed by atoms with Gasteiger partial charge in [-0.3, -0.25) is 0 Å². The number of benzene rings is 2. The number of rotatable bonds is 5. The summed E-state index contributed by atoms with van der Waals surface area (Å²) in [5.74, 6) is -0.0994. The highest BCUT2D eigenvalue weighted by atomic mass is 19.1. The van der Waals surface area contributed by atoms with Crippen molar-refractivity contribution < 1.29 is 9.13 Å². The summed E-state index contributed by atoms with van der Waals surface area (Å²) >= 11 is 0. The van der Waals surface area contributed by atoms with Crippen LogP contribution in [0.4, 0.5) is 4.39 Å². The minimum absolute atomic E-state index is 0.267. The molecule has 102 valence electrons. The van der Waals surface area contributed by atoms with E-state index in [9.17, 15) is 4.39 Å². The maximum absolute atomic E-state index is 13.8. The first kappa shape index (κ1) is 14.0. The number of para-hydroxylation sites is 1. The summed E-state index contributed by atoms with van der Waals surface area (Å²) in [4.78, 5) is 0. The fraction of sp³-hybridized carbons (Fsp3) is 0.188. The van der Waals surface area contributed by atoms with Crippen LogP contribution in [0.3, 0.4) is 0 Å². The molecule has 0 spiro atoms. The molecule has 0 aliphatic rings. The predicted octanol–water partition coefficient (Wildman–Crippen LogP) is 3.00. The predicted molar refractivity (Wildman–Crippen MR) is 74.7 cm³/mol. The number of hydrogen-bond donors (Lipinski definition) is 1. The van der Waals surface area contributed by atoms with Gasteiger partial charge in [-0.15, -0.1) is 0 Å². The first-order valence-corrected chi connectivity index (χ1v) is 6.28. The van der Waals surface area contributed by atoms with Crippen molar-refractivity contribution in [2.24, 2.45) is 0 Å². The molecule has 0 saturated carbocycles. The molecule has 0 amide bonds. The number of halogens is 1. The standard InChI is InChI=1S/C16H15FN2O/c1-19-10-14-3-2-4-15(17)16(14)20-11-13-7-5-12(9-18)6-8-13/h2-8,19H,10-11H2,1H3. The van der Waals surface area contributed by atoms with Crippen molar-refractivity contribution in [3.63, 3.8) is 0 Å². The fourth-order valence-corrected chi connectivity index (χ4v) is 1.88. The summed E-state index contributed by atoms with van der Waals surface area (Å²) in [6.45, 7) is 0.809. The number of hydrogen-bond acceptors (Lipinski definition) is 3. The quantitative estimate of drug-likeness (QED) is 0.908. The van der Waals surface area contributed by atoms with Crippen LogP contribution in [0.1, 0.15) is 16.7 Å². The van der Waals surface area contributed by atoms with Crippen LogP contribution in [0, 0.1) is 17.1 Å². The van der Waals surface area contributed by atoms with Crippen LogP contribution in [0.25, 0.3) is 0 Å². The molecule has 0 unspecified atom stereocenters. The van der Waals surface area contributed by atoms with Crippen LogP contribution >= 0.6 is 0 Å². The summed E-state index contributed by atoms with van der Waals surface area (Å²) in [7, 11) is 1.80. The maximum atomic E-state index is 13.8. The van der Waals surface area contributed by atoms with E-state index in [-0.39, 0.29) is 18.2 Å². The topological polar surface area (TPSA) is 45.0 Å². The van der Waals surface area contributed by atoms with Crippen LogP contribution in [0.15, 0.2) is 42.5 Å². The Morgan fingerprint density at radius 2 is 1.95 bits per heavy atom. The van der Waals surface area contributed by atoms with Crippen LogP contribution in [-0.4, -0.2) is 7.05 Å². The van der Waals surface area contributed by atoms with Gasteiger partial charge in [0.1, 0.15) is 6.61 Å². The van der Waals surface area contributed by atoms with Crippen molar-refractivity contribution in [1.29, 1.82) is 5.26 Å². The average Bonchev–Trinajstić information content (AvgIpc) is 2.47. The molecule has 2 aromatic carbocycles. The molecule has 20 heavy (non-hydrogen) atoms. The molecule has 0 fully saturated rings. The van der Waals surface area contributed by atoms with Gasteiger partial charge in [0.05, 0.1) is 11.6 Å². The van der Waals surface area contributed by atoms with Crippen LogP contribution < -0.4 is 10.1 Å². The Balaban J connectivity index is 2.12. The zero-order chi connectivity index (χ0) is 14.4. The second-order valence-electron chi connectivity index (χ2n) is 4.36. The zero-order valence-corrected chi connectivity index (χ0v) is 11.2. The van der Waals surface area contributed by atoms with E-state index < -0.39 is 0 Å². The first-order chi connectivity index (χ1) is 9.74. The Kier molecular flexibility index (Phi) is 4.70. The lowest BCUT2D eigenvalue weighted by atomic mass is 10.1. The van der Waals surface area contributed by atoms with E-state index in [0.29, 0.717) is 12.1 Å². The van der Waals surface area contributed by atoms with Crippen molar-refractivity contribution in [2.45, 2.75) is 13.2 Å². The molecule has 0 bridgehead atoms. The monoisotopic (exact) mass is 270 g/mol. The second kappa shape index (κ2) is 6.69. The minimum Gasteiger partial charge on any atom is -0.485 e. The van der Waals surface area contributed by atoms with Crippen LogP contribution in [0.5, 0.6) is 5.75 Å². The molecule has 0 aliphatic heterocycles. The molecule has 1 N–H and O–H groups in total. The van der Waals surface area contributed by atoms with Gasteiger partial charge in [-0.25, -0.2) is 4.39 Å². The third kappa shape index (κ3) is 3.34. The Labute approximate surface area is 117 Å². The van der Waals surface area contributed by atoms with E-state index in [4.69, 9.17) is 10.00 Å².